The molecular weight excluding hydrogens is 306 g/mol. The van der Waals surface area contributed by atoms with E-state index in [0.29, 0.717) is 0 Å². The third kappa shape index (κ3) is 5.03. The van der Waals surface area contributed by atoms with E-state index in [1.165, 1.54) is 19.4 Å². The molecular formula is C9H13NW. The van der Waals surface area contributed by atoms with Gasteiger partial charge in [-0.15, -0.1) is 0 Å². The summed E-state index contributed by atoms with van der Waals surface area (Å²) in [5.74, 6) is 0. The van der Waals surface area contributed by atoms with Gasteiger partial charge >= 0.3 is 79.2 Å². The number of nitrogens with zero attached hydrogens (tertiary/aromatic N) is 1. The molecule has 60 valence electrons. The van der Waals surface area contributed by atoms with Crippen molar-refractivity contribution >= 4 is 9.73 Å². The van der Waals surface area contributed by atoms with E-state index in [4.69, 9.17) is 0 Å². The molecule has 0 unspecified atom stereocenters. The molecule has 1 nitrogen and oxygen atoms in total. The Morgan fingerprint density at radius 2 is 2.00 bits per heavy atom. The summed E-state index contributed by atoms with van der Waals surface area (Å²) in [6.45, 7) is 9.78. The maximum atomic E-state index is 4.35. The van der Waals surface area contributed by atoms with Crippen molar-refractivity contribution < 1.29 is 19.4 Å². The van der Waals surface area contributed by atoms with Gasteiger partial charge in [-0.3, -0.25) is 0 Å². The molecule has 0 N–H and O–H groups in total. The SMILES string of the molecule is C=C(C)[C](=[W])N=C(C)C=CC. The Morgan fingerprint density at radius 3 is 2.36 bits per heavy atom. The van der Waals surface area contributed by atoms with Gasteiger partial charge in [0, 0.05) is 0 Å². The summed E-state index contributed by atoms with van der Waals surface area (Å²) in [7, 11) is 0. The topological polar surface area (TPSA) is 12.4 Å². The molecule has 0 spiro atoms. The normalized spacial score (nSPS) is 12.1. The Bertz CT molecular complexity index is 224. The molecule has 0 aliphatic heterocycles. The molecule has 0 aromatic rings. The first-order valence-electron chi connectivity index (χ1n) is 3.45. The molecule has 0 bridgehead atoms. The molecule has 11 heavy (non-hydrogen) atoms. The van der Waals surface area contributed by atoms with Crippen LogP contribution in [0, 0.1) is 0 Å². The van der Waals surface area contributed by atoms with Crippen molar-refractivity contribution in [2.24, 2.45) is 4.99 Å². The molecule has 0 fully saturated rings. The van der Waals surface area contributed by atoms with E-state index < -0.39 is 0 Å². The molecule has 0 atom stereocenters. The average molecular weight is 319 g/mol. The van der Waals surface area contributed by atoms with E-state index in [0.717, 1.165) is 15.3 Å². The van der Waals surface area contributed by atoms with Gasteiger partial charge in [-0.1, -0.05) is 0 Å². The van der Waals surface area contributed by atoms with Crippen molar-refractivity contribution in [1.29, 1.82) is 0 Å². The Kier molecular flexibility index (Phi) is 5.23. The third-order valence-corrected chi connectivity index (χ3v) is 2.63. The summed E-state index contributed by atoms with van der Waals surface area (Å²) >= 11 is 1.37. The molecule has 0 heterocycles. The minimum absolute atomic E-state index is 1.04. The van der Waals surface area contributed by atoms with Gasteiger partial charge in [-0.25, -0.2) is 0 Å². The summed E-state index contributed by atoms with van der Waals surface area (Å²) in [5.41, 5.74) is 2.10. The van der Waals surface area contributed by atoms with E-state index in [1.807, 2.05) is 32.9 Å². The third-order valence-electron chi connectivity index (χ3n) is 1.05. The summed E-state index contributed by atoms with van der Waals surface area (Å²) < 4.78 is 1.08. The van der Waals surface area contributed by atoms with Crippen molar-refractivity contribution in [3.8, 4) is 0 Å². The molecule has 2 heteroatoms. The molecule has 0 amide bonds. The second-order valence-electron chi connectivity index (χ2n) is 2.34. The van der Waals surface area contributed by atoms with Gasteiger partial charge in [-0.2, -0.15) is 0 Å². The summed E-state index contributed by atoms with van der Waals surface area (Å²) in [6, 6.07) is 0. The summed E-state index contributed by atoms with van der Waals surface area (Å²) in [6.07, 6.45) is 3.98. The van der Waals surface area contributed by atoms with Gasteiger partial charge in [0.2, 0.25) is 0 Å². The zero-order valence-corrected chi connectivity index (χ0v) is 10.2. The molecule has 0 aliphatic rings. The van der Waals surface area contributed by atoms with E-state index in [2.05, 4.69) is 11.6 Å². The summed E-state index contributed by atoms with van der Waals surface area (Å²) in [5, 5.41) is 0. The van der Waals surface area contributed by atoms with Gasteiger partial charge < -0.3 is 0 Å². The van der Waals surface area contributed by atoms with Gasteiger partial charge in [-0.05, 0) is 0 Å². The first kappa shape index (κ1) is 10.7. The van der Waals surface area contributed by atoms with E-state index in [9.17, 15) is 0 Å². The number of rotatable bonds is 3. The van der Waals surface area contributed by atoms with E-state index >= 15 is 0 Å². The van der Waals surface area contributed by atoms with Gasteiger partial charge in [0.05, 0.1) is 0 Å². The van der Waals surface area contributed by atoms with Crippen LogP contribution in [0.25, 0.3) is 0 Å². The Morgan fingerprint density at radius 1 is 1.45 bits per heavy atom. The molecule has 0 aliphatic carbocycles. The van der Waals surface area contributed by atoms with Crippen LogP contribution in [0.2, 0.25) is 0 Å². The van der Waals surface area contributed by atoms with E-state index in [-0.39, 0.29) is 0 Å². The Hall–Kier alpha value is -0.292. The first-order chi connectivity index (χ1) is 5.07. The van der Waals surface area contributed by atoms with Crippen molar-refractivity contribution in [3.63, 3.8) is 0 Å². The van der Waals surface area contributed by atoms with Crippen molar-refractivity contribution in [2.75, 3.05) is 0 Å². The van der Waals surface area contributed by atoms with Crippen LogP contribution in [0.5, 0.6) is 0 Å². The molecule has 0 aromatic heterocycles. The fourth-order valence-corrected chi connectivity index (χ4v) is 1.05. The van der Waals surface area contributed by atoms with Crippen LogP contribution in [0.4, 0.5) is 0 Å². The zero-order chi connectivity index (χ0) is 8.85. The Labute approximate surface area is 79.3 Å². The van der Waals surface area contributed by atoms with Crippen LogP contribution in [-0.4, -0.2) is 9.73 Å². The fraction of sp³-hybridized carbons (Fsp3) is 0.333. The molecule has 0 rings (SSSR count). The van der Waals surface area contributed by atoms with Crippen molar-refractivity contribution in [2.45, 2.75) is 20.8 Å². The van der Waals surface area contributed by atoms with Gasteiger partial charge in [0.1, 0.15) is 0 Å². The minimum atomic E-state index is 1.04. The zero-order valence-electron chi connectivity index (χ0n) is 7.22. The summed E-state index contributed by atoms with van der Waals surface area (Å²) in [4.78, 5) is 4.35. The number of hydrogen-bond donors (Lipinski definition) is 0. The van der Waals surface area contributed by atoms with Crippen LogP contribution in [0.3, 0.4) is 0 Å². The fourth-order valence-electron chi connectivity index (χ4n) is 0.534. The van der Waals surface area contributed by atoms with Gasteiger partial charge in [0.15, 0.2) is 0 Å². The standard InChI is InChI=1S/C9H13N.W/c1-5-6-9(4)10-7-8(2)3;/h5-6H,2H2,1,3-4H3;. The monoisotopic (exact) mass is 319 g/mol. The van der Waals surface area contributed by atoms with Crippen LogP contribution in [0.15, 0.2) is 29.3 Å². The second-order valence-corrected chi connectivity index (χ2v) is 3.73. The van der Waals surface area contributed by atoms with E-state index in [1.54, 1.807) is 0 Å². The van der Waals surface area contributed by atoms with Gasteiger partial charge in [0.25, 0.3) is 0 Å². The molecule has 0 radical (unpaired) electrons. The van der Waals surface area contributed by atoms with Crippen LogP contribution >= 0.6 is 0 Å². The molecule has 0 saturated carbocycles. The molecule has 0 saturated heterocycles. The Balaban J connectivity index is 4.31. The van der Waals surface area contributed by atoms with Crippen molar-refractivity contribution in [1.82, 2.24) is 0 Å². The first-order valence-corrected chi connectivity index (χ1v) is 4.92. The number of aliphatic imine (C=N–C) groups is 1. The number of hydrogen-bond acceptors (Lipinski definition) is 1. The average Bonchev–Trinajstić information content (AvgIpc) is 1.87. The quantitative estimate of drug-likeness (QED) is 0.708. The molecule has 0 aromatic carbocycles. The number of allylic oxidation sites excluding steroid dienone is 2. The van der Waals surface area contributed by atoms with Crippen LogP contribution < -0.4 is 0 Å². The maximum absolute atomic E-state index is 4.35. The predicted octanol–water partition coefficient (Wildman–Crippen LogP) is 2.28. The predicted molar refractivity (Wildman–Crippen MR) is 47.7 cm³/mol. The second kappa shape index (κ2) is 5.37. The van der Waals surface area contributed by atoms with Crippen molar-refractivity contribution in [3.05, 3.63) is 24.3 Å². The van der Waals surface area contributed by atoms with Crippen LogP contribution in [0.1, 0.15) is 20.8 Å². The van der Waals surface area contributed by atoms with Crippen LogP contribution in [-0.2, 0) is 19.4 Å².